The van der Waals surface area contributed by atoms with Gasteiger partial charge in [0.2, 0.25) is 0 Å². The van der Waals surface area contributed by atoms with Crippen LogP contribution in [0.4, 0.5) is 0 Å². The number of likely N-dealkylation sites (N-methyl/N-ethyl adjacent to an activating group) is 1. The Bertz CT molecular complexity index is 348. The van der Waals surface area contributed by atoms with E-state index in [1.807, 2.05) is 18.2 Å². The number of hydrogen-bond donors (Lipinski definition) is 2. The van der Waals surface area contributed by atoms with E-state index >= 15 is 0 Å². The number of phenols is 1. The third-order valence-corrected chi connectivity index (χ3v) is 3.62. The first-order chi connectivity index (χ1) is 8.27. The van der Waals surface area contributed by atoms with Crippen LogP contribution in [0.3, 0.4) is 0 Å². The topological polar surface area (TPSA) is 35.5 Å². The van der Waals surface area contributed by atoms with Gasteiger partial charge in [-0.25, -0.2) is 0 Å². The molecule has 1 aromatic rings. The van der Waals surface area contributed by atoms with Crippen molar-refractivity contribution in [2.45, 2.75) is 25.3 Å². The Morgan fingerprint density at radius 2 is 2.24 bits per heavy atom. The molecule has 1 fully saturated rings. The lowest BCUT2D eigenvalue weighted by molar-refractivity contribution is 0.205. The van der Waals surface area contributed by atoms with Gasteiger partial charge in [0, 0.05) is 19.1 Å². The Labute approximate surface area is 103 Å². The van der Waals surface area contributed by atoms with Gasteiger partial charge in [-0.15, -0.1) is 0 Å². The SMILES string of the molecule is CN(CCc1ccccc1O)C1CCCNC1. The molecule has 2 N–H and O–H groups in total. The van der Waals surface area contributed by atoms with Gasteiger partial charge in [0.15, 0.2) is 0 Å². The van der Waals surface area contributed by atoms with Gasteiger partial charge in [0.05, 0.1) is 0 Å². The molecule has 1 unspecified atom stereocenters. The number of nitrogens with zero attached hydrogens (tertiary/aromatic N) is 1. The van der Waals surface area contributed by atoms with E-state index in [0.29, 0.717) is 11.8 Å². The van der Waals surface area contributed by atoms with E-state index in [2.05, 4.69) is 17.3 Å². The van der Waals surface area contributed by atoms with Crippen LogP contribution in [-0.2, 0) is 6.42 Å². The predicted octanol–water partition coefficient (Wildman–Crippen LogP) is 1.62. The summed E-state index contributed by atoms with van der Waals surface area (Å²) in [6.07, 6.45) is 3.47. The number of phenolic OH excluding ortho intramolecular Hbond substituents is 1. The van der Waals surface area contributed by atoms with Crippen LogP contribution in [0.25, 0.3) is 0 Å². The second kappa shape index (κ2) is 6.03. The molecule has 1 aliphatic heterocycles. The van der Waals surface area contributed by atoms with Gasteiger partial charge < -0.3 is 15.3 Å². The molecule has 1 saturated heterocycles. The van der Waals surface area contributed by atoms with E-state index in [1.165, 1.54) is 12.8 Å². The minimum Gasteiger partial charge on any atom is -0.508 e. The summed E-state index contributed by atoms with van der Waals surface area (Å²) in [5.74, 6) is 0.419. The summed E-state index contributed by atoms with van der Waals surface area (Å²) >= 11 is 0. The maximum absolute atomic E-state index is 9.70. The lowest BCUT2D eigenvalue weighted by Crippen LogP contribution is -2.44. The Hall–Kier alpha value is -1.06. The molecular weight excluding hydrogens is 212 g/mol. The molecule has 17 heavy (non-hydrogen) atoms. The van der Waals surface area contributed by atoms with Gasteiger partial charge in [-0.2, -0.15) is 0 Å². The van der Waals surface area contributed by atoms with Crippen LogP contribution in [0.5, 0.6) is 5.75 Å². The van der Waals surface area contributed by atoms with Crippen LogP contribution >= 0.6 is 0 Å². The second-order valence-electron chi connectivity index (χ2n) is 4.86. The molecule has 1 atom stereocenters. The highest BCUT2D eigenvalue weighted by Gasteiger charge is 2.17. The number of nitrogens with one attached hydrogen (secondary N) is 1. The molecule has 1 aromatic carbocycles. The lowest BCUT2D eigenvalue weighted by atomic mass is 10.1. The Morgan fingerprint density at radius 3 is 2.94 bits per heavy atom. The van der Waals surface area contributed by atoms with Crippen LogP contribution in [0.2, 0.25) is 0 Å². The maximum Gasteiger partial charge on any atom is 0.118 e. The van der Waals surface area contributed by atoms with Crippen LogP contribution in [0.1, 0.15) is 18.4 Å². The van der Waals surface area contributed by atoms with E-state index in [4.69, 9.17) is 0 Å². The van der Waals surface area contributed by atoms with Gasteiger partial charge in [-0.05, 0) is 44.5 Å². The van der Waals surface area contributed by atoms with Crippen molar-refractivity contribution < 1.29 is 5.11 Å². The summed E-state index contributed by atoms with van der Waals surface area (Å²) in [5, 5.41) is 13.1. The summed E-state index contributed by atoms with van der Waals surface area (Å²) in [5.41, 5.74) is 1.04. The summed E-state index contributed by atoms with van der Waals surface area (Å²) < 4.78 is 0. The van der Waals surface area contributed by atoms with Crippen LogP contribution in [-0.4, -0.2) is 42.7 Å². The zero-order chi connectivity index (χ0) is 12.1. The number of piperidine rings is 1. The monoisotopic (exact) mass is 234 g/mol. The van der Waals surface area contributed by atoms with E-state index in [1.54, 1.807) is 6.07 Å². The maximum atomic E-state index is 9.70. The fraction of sp³-hybridized carbons (Fsp3) is 0.571. The molecular formula is C14H22N2O. The zero-order valence-electron chi connectivity index (χ0n) is 10.5. The molecule has 2 rings (SSSR count). The molecule has 0 amide bonds. The summed E-state index contributed by atoms with van der Waals surface area (Å²) in [4.78, 5) is 2.40. The molecule has 94 valence electrons. The van der Waals surface area contributed by atoms with Gasteiger partial charge >= 0.3 is 0 Å². The average molecular weight is 234 g/mol. The van der Waals surface area contributed by atoms with Crippen molar-refractivity contribution >= 4 is 0 Å². The van der Waals surface area contributed by atoms with E-state index in [0.717, 1.165) is 31.6 Å². The van der Waals surface area contributed by atoms with Crippen molar-refractivity contribution in [1.29, 1.82) is 0 Å². The predicted molar refractivity (Wildman–Crippen MR) is 70.3 cm³/mol. The van der Waals surface area contributed by atoms with Crippen molar-refractivity contribution in [2.24, 2.45) is 0 Å². The van der Waals surface area contributed by atoms with Gasteiger partial charge in [-0.3, -0.25) is 0 Å². The quantitative estimate of drug-likeness (QED) is 0.831. The van der Waals surface area contributed by atoms with Gasteiger partial charge in [0.1, 0.15) is 5.75 Å². The highest BCUT2D eigenvalue weighted by atomic mass is 16.3. The Morgan fingerprint density at radius 1 is 1.41 bits per heavy atom. The molecule has 1 aliphatic rings. The second-order valence-corrected chi connectivity index (χ2v) is 4.86. The third kappa shape index (κ3) is 3.45. The first-order valence-electron chi connectivity index (χ1n) is 6.45. The number of aromatic hydroxyl groups is 1. The molecule has 1 heterocycles. The zero-order valence-corrected chi connectivity index (χ0v) is 10.5. The normalized spacial score (nSPS) is 20.7. The number of benzene rings is 1. The summed E-state index contributed by atoms with van der Waals surface area (Å²) in [7, 11) is 2.18. The van der Waals surface area contributed by atoms with Gasteiger partial charge in [0.25, 0.3) is 0 Å². The van der Waals surface area contributed by atoms with Crippen LogP contribution < -0.4 is 5.32 Å². The van der Waals surface area contributed by atoms with E-state index < -0.39 is 0 Å². The number of rotatable bonds is 4. The molecule has 3 heteroatoms. The highest BCUT2D eigenvalue weighted by Crippen LogP contribution is 2.17. The van der Waals surface area contributed by atoms with Crippen molar-refractivity contribution in [2.75, 3.05) is 26.7 Å². The third-order valence-electron chi connectivity index (χ3n) is 3.62. The minimum atomic E-state index is 0.419. The Balaban J connectivity index is 1.83. The van der Waals surface area contributed by atoms with Crippen LogP contribution in [0, 0.1) is 0 Å². The standard InChI is InChI=1S/C14H22N2O/c1-16(13-6-4-9-15-11-13)10-8-12-5-2-3-7-14(12)17/h2-3,5,7,13,15,17H,4,6,8-11H2,1H3. The Kier molecular flexibility index (Phi) is 4.40. The molecule has 0 aromatic heterocycles. The molecule has 3 nitrogen and oxygen atoms in total. The summed E-state index contributed by atoms with van der Waals surface area (Å²) in [6, 6.07) is 8.26. The lowest BCUT2D eigenvalue weighted by Gasteiger charge is -2.31. The minimum absolute atomic E-state index is 0.419. The van der Waals surface area contributed by atoms with Crippen molar-refractivity contribution in [3.05, 3.63) is 29.8 Å². The highest BCUT2D eigenvalue weighted by molar-refractivity contribution is 5.31. The molecule has 0 spiro atoms. The van der Waals surface area contributed by atoms with Gasteiger partial charge in [-0.1, -0.05) is 18.2 Å². The first-order valence-corrected chi connectivity index (χ1v) is 6.45. The molecule has 0 aliphatic carbocycles. The fourth-order valence-corrected chi connectivity index (χ4v) is 2.41. The van der Waals surface area contributed by atoms with Crippen molar-refractivity contribution in [3.63, 3.8) is 0 Å². The largest absolute Gasteiger partial charge is 0.508 e. The molecule has 0 radical (unpaired) electrons. The fourth-order valence-electron chi connectivity index (χ4n) is 2.41. The van der Waals surface area contributed by atoms with Crippen LogP contribution in [0.15, 0.2) is 24.3 Å². The van der Waals surface area contributed by atoms with E-state index in [9.17, 15) is 5.11 Å². The first kappa shape index (κ1) is 12.4. The average Bonchev–Trinajstić information content (AvgIpc) is 2.38. The summed E-state index contributed by atoms with van der Waals surface area (Å²) in [6.45, 7) is 3.25. The smallest absolute Gasteiger partial charge is 0.118 e. The van der Waals surface area contributed by atoms with Crippen molar-refractivity contribution in [1.82, 2.24) is 10.2 Å². The number of para-hydroxylation sites is 1. The molecule has 0 saturated carbocycles. The van der Waals surface area contributed by atoms with Crippen molar-refractivity contribution in [3.8, 4) is 5.75 Å². The number of hydrogen-bond acceptors (Lipinski definition) is 3. The van der Waals surface area contributed by atoms with E-state index in [-0.39, 0.29) is 0 Å². The molecule has 0 bridgehead atoms.